The number of fused-ring (bicyclic) bond motifs is 2. The number of pyridine rings is 1. The third kappa shape index (κ3) is 2.57. The maximum absolute atomic E-state index is 12.6. The quantitative estimate of drug-likeness (QED) is 0.604. The predicted molar refractivity (Wildman–Crippen MR) is 95.4 cm³/mol. The molecule has 24 heavy (non-hydrogen) atoms. The fourth-order valence-corrected chi connectivity index (χ4v) is 3.55. The van der Waals surface area contributed by atoms with Gasteiger partial charge in [-0.1, -0.05) is 30.3 Å². The van der Waals surface area contributed by atoms with Crippen LogP contribution in [-0.4, -0.2) is 15.9 Å². The Morgan fingerprint density at radius 1 is 1.17 bits per heavy atom. The molecule has 0 fully saturated rings. The van der Waals surface area contributed by atoms with Crippen LogP contribution in [0.25, 0.3) is 21.1 Å². The minimum absolute atomic E-state index is 0.265. The second kappa shape index (κ2) is 5.90. The van der Waals surface area contributed by atoms with Crippen molar-refractivity contribution in [3.05, 3.63) is 75.5 Å². The minimum Gasteiger partial charge on any atom is -0.348 e. The summed E-state index contributed by atoms with van der Waals surface area (Å²) in [6.07, 6.45) is 0. The smallest absolute Gasteiger partial charge is 0.252 e. The zero-order valence-corrected chi connectivity index (χ0v) is 13.4. The predicted octanol–water partition coefficient (Wildman–Crippen LogP) is 3.07. The van der Waals surface area contributed by atoms with Gasteiger partial charge in [-0.25, -0.2) is 4.98 Å². The number of H-pyrrole nitrogens is 1. The lowest BCUT2D eigenvalue weighted by molar-refractivity contribution is 0.0952. The molecule has 0 aliphatic rings. The van der Waals surface area contributed by atoms with E-state index in [1.807, 2.05) is 36.4 Å². The van der Waals surface area contributed by atoms with E-state index in [2.05, 4.69) is 15.3 Å². The summed E-state index contributed by atoms with van der Waals surface area (Å²) >= 11 is 1.55. The van der Waals surface area contributed by atoms with Gasteiger partial charge in [-0.2, -0.15) is 0 Å². The fourth-order valence-electron chi connectivity index (χ4n) is 2.75. The van der Waals surface area contributed by atoms with Gasteiger partial charge < -0.3 is 10.3 Å². The van der Waals surface area contributed by atoms with Crippen molar-refractivity contribution in [2.75, 3.05) is 0 Å². The van der Waals surface area contributed by atoms with E-state index in [1.54, 1.807) is 22.9 Å². The normalized spacial score (nSPS) is 11.0. The maximum atomic E-state index is 12.6. The SMILES string of the molecule is O=C(NCc1cccc2ncsc12)c1cc(=O)[nH]c2ccccc12. The van der Waals surface area contributed by atoms with E-state index in [0.717, 1.165) is 21.2 Å². The molecule has 0 unspecified atom stereocenters. The number of carbonyl (C=O) groups excluding carboxylic acids is 1. The highest BCUT2D eigenvalue weighted by atomic mass is 32.1. The van der Waals surface area contributed by atoms with Crippen molar-refractivity contribution in [1.82, 2.24) is 15.3 Å². The first kappa shape index (κ1) is 14.6. The average Bonchev–Trinajstić information content (AvgIpc) is 3.08. The van der Waals surface area contributed by atoms with Gasteiger partial charge in [0.1, 0.15) is 0 Å². The van der Waals surface area contributed by atoms with Gasteiger partial charge in [0, 0.05) is 23.5 Å². The molecule has 0 spiro atoms. The van der Waals surface area contributed by atoms with Gasteiger partial charge in [0.15, 0.2) is 0 Å². The first-order valence-corrected chi connectivity index (χ1v) is 8.32. The molecule has 2 heterocycles. The summed E-state index contributed by atoms with van der Waals surface area (Å²) in [5.74, 6) is -0.265. The molecule has 2 N–H and O–H groups in total. The van der Waals surface area contributed by atoms with Gasteiger partial charge in [-0.3, -0.25) is 9.59 Å². The molecular formula is C18H13N3O2S. The van der Waals surface area contributed by atoms with Crippen molar-refractivity contribution in [1.29, 1.82) is 0 Å². The molecule has 0 aliphatic heterocycles. The highest BCUT2D eigenvalue weighted by Crippen LogP contribution is 2.22. The Bertz CT molecular complexity index is 1110. The first-order valence-electron chi connectivity index (χ1n) is 7.44. The summed E-state index contributed by atoms with van der Waals surface area (Å²) in [6.45, 7) is 0.388. The van der Waals surface area contributed by atoms with E-state index in [-0.39, 0.29) is 11.5 Å². The molecular weight excluding hydrogens is 322 g/mol. The summed E-state index contributed by atoms with van der Waals surface area (Å²) in [6, 6.07) is 14.4. The Kier molecular flexibility index (Phi) is 3.59. The largest absolute Gasteiger partial charge is 0.348 e. The standard InChI is InChI=1S/C18H13N3O2S/c22-16-8-13(12-5-1-2-6-14(12)21-16)18(23)19-9-11-4-3-7-15-17(11)24-10-20-15/h1-8,10H,9H2,(H,19,23)(H,21,22). The molecule has 0 radical (unpaired) electrons. The number of carbonyl (C=O) groups is 1. The maximum Gasteiger partial charge on any atom is 0.252 e. The lowest BCUT2D eigenvalue weighted by Crippen LogP contribution is -2.24. The van der Waals surface area contributed by atoms with Crippen molar-refractivity contribution in [2.45, 2.75) is 6.54 Å². The molecule has 0 saturated heterocycles. The van der Waals surface area contributed by atoms with Crippen LogP contribution >= 0.6 is 11.3 Å². The van der Waals surface area contributed by atoms with Crippen LogP contribution in [0.4, 0.5) is 0 Å². The Balaban J connectivity index is 1.65. The Labute approximate surface area is 141 Å². The second-order valence-electron chi connectivity index (χ2n) is 5.39. The van der Waals surface area contributed by atoms with Gasteiger partial charge in [-0.15, -0.1) is 11.3 Å². The number of rotatable bonds is 3. The van der Waals surface area contributed by atoms with Crippen LogP contribution in [-0.2, 0) is 6.54 Å². The number of amides is 1. The molecule has 6 heteroatoms. The minimum atomic E-state index is -0.289. The van der Waals surface area contributed by atoms with E-state index in [4.69, 9.17) is 0 Å². The average molecular weight is 335 g/mol. The number of nitrogens with zero attached hydrogens (tertiary/aromatic N) is 1. The van der Waals surface area contributed by atoms with Gasteiger partial charge in [0.05, 0.1) is 21.3 Å². The number of hydrogen-bond donors (Lipinski definition) is 2. The van der Waals surface area contributed by atoms with Crippen LogP contribution in [0.5, 0.6) is 0 Å². The highest BCUT2D eigenvalue weighted by molar-refractivity contribution is 7.16. The van der Waals surface area contributed by atoms with E-state index in [0.29, 0.717) is 17.6 Å². The van der Waals surface area contributed by atoms with E-state index < -0.39 is 0 Å². The molecule has 0 bridgehead atoms. The molecule has 4 rings (SSSR count). The number of aromatic nitrogens is 2. The molecule has 0 atom stereocenters. The molecule has 2 aromatic carbocycles. The first-order chi connectivity index (χ1) is 11.7. The number of thiazole rings is 1. The lowest BCUT2D eigenvalue weighted by atomic mass is 10.1. The van der Waals surface area contributed by atoms with Crippen LogP contribution in [0.2, 0.25) is 0 Å². The zero-order chi connectivity index (χ0) is 16.5. The molecule has 2 aromatic heterocycles. The number of hydrogen-bond acceptors (Lipinski definition) is 4. The molecule has 118 valence electrons. The third-order valence-corrected chi connectivity index (χ3v) is 4.79. The van der Waals surface area contributed by atoms with Crippen LogP contribution < -0.4 is 10.9 Å². The van der Waals surface area contributed by atoms with Crippen molar-refractivity contribution in [2.24, 2.45) is 0 Å². The summed E-state index contributed by atoms with van der Waals surface area (Å²) < 4.78 is 1.06. The van der Waals surface area contributed by atoms with E-state index >= 15 is 0 Å². The van der Waals surface area contributed by atoms with Crippen LogP contribution in [0.15, 0.2) is 58.8 Å². The summed E-state index contributed by atoms with van der Waals surface area (Å²) in [5.41, 5.74) is 4.47. The Morgan fingerprint density at radius 3 is 2.96 bits per heavy atom. The highest BCUT2D eigenvalue weighted by Gasteiger charge is 2.12. The molecule has 1 amide bonds. The monoisotopic (exact) mass is 335 g/mol. The third-order valence-electron chi connectivity index (χ3n) is 3.87. The molecule has 5 nitrogen and oxygen atoms in total. The molecule has 0 saturated carbocycles. The van der Waals surface area contributed by atoms with Crippen molar-refractivity contribution < 1.29 is 4.79 Å². The number of nitrogens with one attached hydrogen (secondary N) is 2. The van der Waals surface area contributed by atoms with E-state index in [1.165, 1.54) is 6.07 Å². The summed E-state index contributed by atoms with van der Waals surface area (Å²) in [5, 5.41) is 3.63. The Morgan fingerprint density at radius 2 is 2.04 bits per heavy atom. The van der Waals surface area contributed by atoms with Crippen molar-refractivity contribution in [3.8, 4) is 0 Å². The second-order valence-corrected chi connectivity index (χ2v) is 6.25. The lowest BCUT2D eigenvalue weighted by Gasteiger charge is -2.08. The molecule has 4 aromatic rings. The van der Waals surface area contributed by atoms with Crippen LogP contribution in [0.1, 0.15) is 15.9 Å². The number of benzene rings is 2. The van der Waals surface area contributed by atoms with Gasteiger partial charge in [0.2, 0.25) is 5.56 Å². The Hall–Kier alpha value is -2.99. The zero-order valence-electron chi connectivity index (χ0n) is 12.6. The van der Waals surface area contributed by atoms with Crippen molar-refractivity contribution >= 4 is 38.4 Å². The van der Waals surface area contributed by atoms with Crippen LogP contribution in [0.3, 0.4) is 0 Å². The van der Waals surface area contributed by atoms with Crippen molar-refractivity contribution in [3.63, 3.8) is 0 Å². The number of aromatic amines is 1. The summed E-state index contributed by atoms with van der Waals surface area (Å²) in [7, 11) is 0. The van der Waals surface area contributed by atoms with Gasteiger partial charge in [-0.05, 0) is 17.7 Å². The van der Waals surface area contributed by atoms with E-state index in [9.17, 15) is 9.59 Å². The number of para-hydroxylation sites is 1. The summed E-state index contributed by atoms with van der Waals surface area (Å²) in [4.78, 5) is 31.4. The van der Waals surface area contributed by atoms with Crippen LogP contribution in [0, 0.1) is 0 Å². The fraction of sp³-hybridized carbons (Fsp3) is 0.0556. The van der Waals surface area contributed by atoms with Gasteiger partial charge >= 0.3 is 0 Å². The van der Waals surface area contributed by atoms with Gasteiger partial charge in [0.25, 0.3) is 5.91 Å². The molecule has 0 aliphatic carbocycles. The topological polar surface area (TPSA) is 74.8 Å².